The molecule has 0 aliphatic carbocycles. The molecule has 0 spiro atoms. The van der Waals surface area contributed by atoms with E-state index in [1.807, 2.05) is 6.07 Å². The number of halogens is 6. The van der Waals surface area contributed by atoms with E-state index >= 15 is 0 Å². The van der Waals surface area contributed by atoms with Gasteiger partial charge in [-0.2, -0.15) is 26.3 Å². The summed E-state index contributed by atoms with van der Waals surface area (Å²) in [5, 5.41) is 7.90. The summed E-state index contributed by atoms with van der Waals surface area (Å²) in [7, 11) is 0. The van der Waals surface area contributed by atoms with Crippen molar-refractivity contribution in [3.8, 4) is 5.75 Å². The van der Waals surface area contributed by atoms with Gasteiger partial charge >= 0.3 is 12.4 Å². The largest absolute Gasteiger partial charge is 0.484 e. The van der Waals surface area contributed by atoms with Crippen LogP contribution in [0.15, 0.2) is 52.9 Å². The maximum Gasteiger partial charge on any atom is 0.416 e. The van der Waals surface area contributed by atoms with Gasteiger partial charge in [0.25, 0.3) is 11.8 Å². The second-order valence-electron chi connectivity index (χ2n) is 8.02. The molecule has 186 valence electrons. The Kier molecular flexibility index (Phi) is 6.73. The number of piperidine rings is 1. The zero-order valence-electron chi connectivity index (χ0n) is 18.1. The van der Waals surface area contributed by atoms with Crippen molar-refractivity contribution in [1.29, 1.82) is 0 Å². The smallest absolute Gasteiger partial charge is 0.416 e. The van der Waals surface area contributed by atoms with Gasteiger partial charge in [0.2, 0.25) is 5.89 Å². The number of ether oxygens (including phenoxy) is 1. The van der Waals surface area contributed by atoms with Crippen molar-refractivity contribution in [2.45, 2.75) is 37.7 Å². The van der Waals surface area contributed by atoms with E-state index in [2.05, 4.69) is 10.2 Å². The van der Waals surface area contributed by atoms with Crippen molar-refractivity contribution in [2.75, 3.05) is 13.1 Å². The lowest BCUT2D eigenvalue weighted by atomic mass is 9.96. The standard InChI is InChI=1S/C23H19F6N3O3/c24-22(25,26)16-9-15(10-17(11-16)23(27,28)29)21(33)32-8-4-5-14(12-32)20-31-30-19(35-20)13-34-18-6-2-1-3-7-18/h1-3,6-7,9-11,14H,4-5,8,12-13H2. The molecule has 0 radical (unpaired) electrons. The van der Waals surface area contributed by atoms with E-state index in [-0.39, 0.29) is 37.5 Å². The van der Waals surface area contributed by atoms with Gasteiger partial charge < -0.3 is 14.1 Å². The predicted molar refractivity (Wildman–Crippen MR) is 109 cm³/mol. The Bertz CT molecular complexity index is 1140. The van der Waals surface area contributed by atoms with Gasteiger partial charge in [0.15, 0.2) is 6.61 Å². The molecule has 0 N–H and O–H groups in total. The molecule has 1 aromatic heterocycles. The number of hydrogen-bond donors (Lipinski definition) is 0. The van der Waals surface area contributed by atoms with Crippen molar-refractivity contribution in [3.05, 3.63) is 77.0 Å². The van der Waals surface area contributed by atoms with E-state index in [0.717, 1.165) is 0 Å². The molecule has 2 heterocycles. The molecule has 4 rings (SSSR count). The van der Waals surface area contributed by atoms with Gasteiger partial charge in [-0.3, -0.25) is 4.79 Å². The Morgan fingerprint density at radius 2 is 1.66 bits per heavy atom. The number of rotatable bonds is 5. The van der Waals surface area contributed by atoms with Crippen LogP contribution in [0, 0.1) is 0 Å². The molecule has 35 heavy (non-hydrogen) atoms. The van der Waals surface area contributed by atoms with Gasteiger partial charge in [0, 0.05) is 18.7 Å². The molecule has 3 aromatic rings. The van der Waals surface area contributed by atoms with E-state index in [4.69, 9.17) is 9.15 Å². The summed E-state index contributed by atoms with van der Waals surface area (Å²) in [5.41, 5.74) is -3.76. The first kappa shape index (κ1) is 24.6. The van der Waals surface area contributed by atoms with Gasteiger partial charge in [0.05, 0.1) is 17.0 Å². The van der Waals surface area contributed by atoms with E-state index in [0.29, 0.717) is 30.7 Å². The fourth-order valence-electron chi connectivity index (χ4n) is 3.78. The number of hydrogen-bond acceptors (Lipinski definition) is 5. The number of likely N-dealkylation sites (tertiary alicyclic amines) is 1. The van der Waals surface area contributed by atoms with Crippen LogP contribution in [-0.4, -0.2) is 34.1 Å². The van der Waals surface area contributed by atoms with Crippen molar-refractivity contribution in [1.82, 2.24) is 15.1 Å². The molecule has 1 saturated heterocycles. The summed E-state index contributed by atoms with van der Waals surface area (Å²) in [5.74, 6) is -0.341. The Morgan fingerprint density at radius 1 is 1.00 bits per heavy atom. The number of amides is 1. The average molecular weight is 499 g/mol. The molecule has 1 atom stereocenters. The maximum atomic E-state index is 13.2. The van der Waals surface area contributed by atoms with Gasteiger partial charge in [-0.25, -0.2) is 0 Å². The van der Waals surface area contributed by atoms with E-state index in [1.165, 1.54) is 4.90 Å². The molecule has 1 unspecified atom stereocenters. The minimum atomic E-state index is -5.04. The van der Waals surface area contributed by atoms with Gasteiger partial charge in [-0.1, -0.05) is 18.2 Å². The average Bonchev–Trinajstić information content (AvgIpc) is 3.31. The summed E-state index contributed by atoms with van der Waals surface area (Å²) < 4.78 is 90.2. The number of aromatic nitrogens is 2. The van der Waals surface area contributed by atoms with E-state index in [9.17, 15) is 31.1 Å². The Hall–Kier alpha value is -3.57. The van der Waals surface area contributed by atoms with Crippen LogP contribution < -0.4 is 4.74 Å². The fraction of sp³-hybridized carbons (Fsp3) is 0.348. The lowest BCUT2D eigenvalue weighted by Gasteiger charge is -2.31. The molecule has 0 saturated carbocycles. The van der Waals surface area contributed by atoms with Crippen molar-refractivity contribution in [3.63, 3.8) is 0 Å². The van der Waals surface area contributed by atoms with Crippen LogP contribution in [0.4, 0.5) is 26.3 Å². The number of carbonyl (C=O) groups excluding carboxylic acids is 1. The highest BCUT2D eigenvalue weighted by atomic mass is 19.4. The predicted octanol–water partition coefficient (Wildman–Crippen LogP) is 5.71. The molecule has 1 aliphatic heterocycles. The third kappa shape index (κ3) is 5.92. The monoisotopic (exact) mass is 499 g/mol. The first-order chi connectivity index (χ1) is 16.5. The molecule has 1 aliphatic rings. The number of carbonyl (C=O) groups is 1. The van der Waals surface area contributed by atoms with E-state index in [1.54, 1.807) is 24.3 Å². The molecule has 1 fully saturated rings. The second kappa shape index (κ2) is 9.59. The van der Waals surface area contributed by atoms with Crippen LogP contribution in [-0.2, 0) is 19.0 Å². The van der Waals surface area contributed by atoms with Gasteiger partial charge in [-0.15, -0.1) is 10.2 Å². The molecular weight excluding hydrogens is 480 g/mol. The topological polar surface area (TPSA) is 68.5 Å². The minimum Gasteiger partial charge on any atom is -0.484 e. The van der Waals surface area contributed by atoms with Crippen molar-refractivity contribution < 1.29 is 40.3 Å². The van der Waals surface area contributed by atoms with Crippen molar-refractivity contribution in [2.24, 2.45) is 0 Å². The zero-order chi connectivity index (χ0) is 25.2. The Labute approximate surface area is 195 Å². The maximum absolute atomic E-state index is 13.2. The van der Waals surface area contributed by atoms with Crippen LogP contribution >= 0.6 is 0 Å². The zero-order valence-corrected chi connectivity index (χ0v) is 18.1. The van der Waals surface area contributed by atoms with Gasteiger partial charge in [0.1, 0.15) is 5.75 Å². The molecule has 6 nitrogen and oxygen atoms in total. The lowest BCUT2D eigenvalue weighted by Crippen LogP contribution is -2.39. The summed E-state index contributed by atoms with van der Waals surface area (Å²) in [6, 6.07) is 9.79. The highest BCUT2D eigenvalue weighted by Gasteiger charge is 2.38. The fourth-order valence-corrected chi connectivity index (χ4v) is 3.78. The summed E-state index contributed by atoms with van der Waals surface area (Å²) in [6.45, 7) is 0.194. The molecule has 1 amide bonds. The van der Waals surface area contributed by atoms with Crippen LogP contribution in [0.1, 0.15) is 52.0 Å². The Balaban J connectivity index is 1.48. The van der Waals surface area contributed by atoms with Crippen LogP contribution in [0.5, 0.6) is 5.75 Å². The van der Waals surface area contributed by atoms with Crippen LogP contribution in [0.25, 0.3) is 0 Å². The SMILES string of the molecule is O=C(c1cc(C(F)(F)F)cc(C(F)(F)F)c1)N1CCCC(c2nnc(COc3ccccc3)o2)C1. The van der Waals surface area contributed by atoms with Gasteiger partial charge in [-0.05, 0) is 43.2 Å². The second-order valence-corrected chi connectivity index (χ2v) is 8.02. The summed E-state index contributed by atoms with van der Waals surface area (Å²) >= 11 is 0. The summed E-state index contributed by atoms with van der Waals surface area (Å²) in [4.78, 5) is 14.1. The number of alkyl halides is 6. The highest BCUT2D eigenvalue weighted by molar-refractivity contribution is 5.94. The third-order valence-corrected chi connectivity index (χ3v) is 5.48. The Morgan fingerprint density at radius 3 is 2.29 bits per heavy atom. The number of benzene rings is 2. The summed E-state index contributed by atoms with van der Waals surface area (Å²) in [6.07, 6.45) is -9.06. The molecule has 12 heteroatoms. The number of nitrogens with zero attached hydrogens (tertiary/aromatic N) is 3. The van der Waals surface area contributed by atoms with Crippen LogP contribution in [0.2, 0.25) is 0 Å². The first-order valence-electron chi connectivity index (χ1n) is 10.6. The molecule has 0 bridgehead atoms. The lowest BCUT2D eigenvalue weighted by molar-refractivity contribution is -0.143. The minimum absolute atomic E-state index is 0.00668. The normalized spacial score (nSPS) is 16.9. The highest BCUT2D eigenvalue weighted by Crippen LogP contribution is 2.37. The van der Waals surface area contributed by atoms with Crippen molar-refractivity contribution >= 4 is 5.91 Å². The van der Waals surface area contributed by atoms with E-state index < -0.39 is 40.9 Å². The third-order valence-electron chi connectivity index (χ3n) is 5.48. The molecule has 2 aromatic carbocycles. The molecular formula is C23H19F6N3O3. The van der Waals surface area contributed by atoms with Crippen LogP contribution in [0.3, 0.4) is 0 Å². The quantitative estimate of drug-likeness (QED) is 0.421. The first-order valence-corrected chi connectivity index (χ1v) is 10.6. The number of para-hydroxylation sites is 1.